The van der Waals surface area contributed by atoms with Crippen molar-refractivity contribution in [3.63, 3.8) is 0 Å². The average molecular weight is 468 g/mol. The molecule has 1 amide bonds. The number of imidazole rings is 1. The number of nitrogens with zero attached hydrogens (tertiary/aromatic N) is 5. The summed E-state index contributed by atoms with van der Waals surface area (Å²) < 4.78 is 8.19. The molecular formula is C28H29N5O2. The second-order valence-corrected chi connectivity index (χ2v) is 9.06. The summed E-state index contributed by atoms with van der Waals surface area (Å²) in [5.74, 6) is 2.31. The van der Waals surface area contributed by atoms with Gasteiger partial charge in [0, 0.05) is 55.9 Å². The minimum Gasteiger partial charge on any atom is -0.437 e. The van der Waals surface area contributed by atoms with E-state index >= 15 is 0 Å². The zero-order valence-corrected chi connectivity index (χ0v) is 20.1. The molecule has 2 aromatic carbocycles. The second kappa shape index (κ2) is 10.1. The van der Waals surface area contributed by atoms with Crippen molar-refractivity contribution >= 4 is 5.91 Å². The number of benzene rings is 2. The van der Waals surface area contributed by atoms with Crippen LogP contribution >= 0.6 is 0 Å². The fourth-order valence-electron chi connectivity index (χ4n) is 4.62. The van der Waals surface area contributed by atoms with Crippen LogP contribution in [0.4, 0.5) is 0 Å². The maximum Gasteiger partial charge on any atom is 0.253 e. The SMILES string of the molecule is Cc1cccc(Oc2nccnc2[C@H]2CCCN(C(=O)c3cccc(Cn4ccnc4C)c3)C2)c1. The Hall–Kier alpha value is -4.00. The van der Waals surface area contributed by atoms with Crippen LogP contribution in [-0.4, -0.2) is 43.4 Å². The lowest BCUT2D eigenvalue weighted by Crippen LogP contribution is -2.39. The first-order valence-corrected chi connectivity index (χ1v) is 12.0. The van der Waals surface area contributed by atoms with Crippen LogP contribution in [-0.2, 0) is 6.54 Å². The average Bonchev–Trinajstić information content (AvgIpc) is 3.28. The van der Waals surface area contributed by atoms with E-state index in [4.69, 9.17) is 4.74 Å². The van der Waals surface area contributed by atoms with Gasteiger partial charge in [-0.3, -0.25) is 9.78 Å². The molecule has 1 fully saturated rings. The van der Waals surface area contributed by atoms with Gasteiger partial charge in [0.15, 0.2) is 0 Å². The normalized spacial score (nSPS) is 15.7. The van der Waals surface area contributed by atoms with Crippen molar-refractivity contribution in [2.24, 2.45) is 0 Å². The number of carbonyl (C=O) groups is 1. The summed E-state index contributed by atoms with van der Waals surface area (Å²) in [4.78, 5) is 28.8. The number of hydrogen-bond donors (Lipinski definition) is 0. The Balaban J connectivity index is 1.32. The van der Waals surface area contributed by atoms with Gasteiger partial charge in [-0.05, 0) is 62.1 Å². The second-order valence-electron chi connectivity index (χ2n) is 9.06. The molecular weight excluding hydrogens is 438 g/mol. The molecule has 5 rings (SSSR count). The van der Waals surface area contributed by atoms with Gasteiger partial charge in [0.2, 0.25) is 5.88 Å². The van der Waals surface area contributed by atoms with Crippen LogP contribution in [0.2, 0.25) is 0 Å². The lowest BCUT2D eigenvalue weighted by atomic mass is 9.94. The number of aromatic nitrogens is 4. The first-order valence-electron chi connectivity index (χ1n) is 12.0. The topological polar surface area (TPSA) is 73.1 Å². The summed E-state index contributed by atoms with van der Waals surface area (Å²) in [6, 6.07) is 15.8. The van der Waals surface area contributed by atoms with E-state index in [0.717, 1.165) is 47.8 Å². The van der Waals surface area contributed by atoms with E-state index < -0.39 is 0 Å². The quantitative estimate of drug-likeness (QED) is 0.392. The number of hydrogen-bond acceptors (Lipinski definition) is 5. The monoisotopic (exact) mass is 467 g/mol. The Morgan fingerprint density at radius 3 is 2.71 bits per heavy atom. The van der Waals surface area contributed by atoms with E-state index in [-0.39, 0.29) is 11.8 Å². The van der Waals surface area contributed by atoms with Crippen molar-refractivity contribution in [2.75, 3.05) is 13.1 Å². The molecule has 0 N–H and O–H groups in total. The summed E-state index contributed by atoms with van der Waals surface area (Å²) >= 11 is 0. The van der Waals surface area contributed by atoms with Crippen LogP contribution in [0.5, 0.6) is 11.6 Å². The Kier molecular flexibility index (Phi) is 6.57. The minimum absolute atomic E-state index is 0.0453. The van der Waals surface area contributed by atoms with Crippen molar-refractivity contribution in [1.29, 1.82) is 0 Å². The summed E-state index contributed by atoms with van der Waals surface area (Å²) in [5, 5.41) is 0. The van der Waals surface area contributed by atoms with E-state index in [1.54, 1.807) is 18.6 Å². The molecule has 2 aromatic heterocycles. The van der Waals surface area contributed by atoms with Gasteiger partial charge in [0.25, 0.3) is 5.91 Å². The molecule has 1 atom stereocenters. The molecule has 0 spiro atoms. The maximum absolute atomic E-state index is 13.5. The van der Waals surface area contributed by atoms with E-state index in [1.807, 2.05) is 73.5 Å². The fourth-order valence-corrected chi connectivity index (χ4v) is 4.62. The largest absolute Gasteiger partial charge is 0.437 e. The Labute approximate surface area is 205 Å². The predicted molar refractivity (Wildman–Crippen MR) is 134 cm³/mol. The first kappa shape index (κ1) is 22.8. The molecule has 35 heavy (non-hydrogen) atoms. The molecule has 178 valence electrons. The zero-order valence-electron chi connectivity index (χ0n) is 20.1. The van der Waals surface area contributed by atoms with Crippen molar-refractivity contribution < 1.29 is 9.53 Å². The predicted octanol–water partition coefficient (Wildman–Crippen LogP) is 5.15. The number of likely N-dealkylation sites (tertiary alicyclic amines) is 1. The molecule has 1 saturated heterocycles. The molecule has 7 nitrogen and oxygen atoms in total. The molecule has 1 aliphatic heterocycles. The summed E-state index contributed by atoms with van der Waals surface area (Å²) in [7, 11) is 0. The first-order chi connectivity index (χ1) is 17.1. The van der Waals surface area contributed by atoms with Crippen molar-refractivity contribution in [3.8, 4) is 11.6 Å². The lowest BCUT2D eigenvalue weighted by Gasteiger charge is -2.33. The summed E-state index contributed by atoms with van der Waals surface area (Å²) in [6.45, 7) is 6.02. The van der Waals surface area contributed by atoms with Crippen LogP contribution in [0, 0.1) is 13.8 Å². The van der Waals surface area contributed by atoms with Gasteiger partial charge in [-0.2, -0.15) is 0 Å². The zero-order chi connectivity index (χ0) is 24.2. The molecule has 0 saturated carbocycles. The number of amides is 1. The van der Waals surface area contributed by atoms with Crippen LogP contribution in [0.25, 0.3) is 0 Å². The van der Waals surface area contributed by atoms with Gasteiger partial charge in [0.1, 0.15) is 17.3 Å². The van der Waals surface area contributed by atoms with Gasteiger partial charge in [0.05, 0.1) is 0 Å². The molecule has 0 radical (unpaired) electrons. The third-order valence-corrected chi connectivity index (χ3v) is 6.44. The standard InChI is InChI=1S/C28H29N5O2/c1-20-6-3-10-25(16-20)35-27-26(30-11-12-31-27)24-9-5-14-33(19-24)28(34)23-8-4-7-22(17-23)18-32-15-13-29-21(32)2/h3-4,6-8,10-13,15-17,24H,5,9,14,18-19H2,1-2H3/t24-/m0/s1. The third-order valence-electron chi connectivity index (χ3n) is 6.44. The third kappa shape index (κ3) is 5.24. The van der Waals surface area contributed by atoms with Crippen molar-refractivity contribution in [1.82, 2.24) is 24.4 Å². The summed E-state index contributed by atoms with van der Waals surface area (Å²) in [5.41, 5.74) is 3.70. The highest BCUT2D eigenvalue weighted by Crippen LogP contribution is 2.33. The van der Waals surface area contributed by atoms with Crippen LogP contribution < -0.4 is 4.74 Å². The molecule has 0 bridgehead atoms. The molecule has 3 heterocycles. The number of aryl methyl sites for hydroxylation is 2. The van der Waals surface area contributed by atoms with Crippen LogP contribution in [0.3, 0.4) is 0 Å². The molecule has 1 aliphatic rings. The Bertz CT molecular complexity index is 1330. The molecule has 0 unspecified atom stereocenters. The van der Waals surface area contributed by atoms with E-state index in [2.05, 4.69) is 19.5 Å². The van der Waals surface area contributed by atoms with Gasteiger partial charge < -0.3 is 14.2 Å². The van der Waals surface area contributed by atoms with Crippen LogP contribution in [0.1, 0.15) is 51.8 Å². The van der Waals surface area contributed by atoms with Gasteiger partial charge in [-0.15, -0.1) is 0 Å². The van der Waals surface area contributed by atoms with Crippen LogP contribution in [0.15, 0.2) is 73.3 Å². The number of carbonyl (C=O) groups excluding carboxylic acids is 1. The minimum atomic E-state index is 0.0453. The summed E-state index contributed by atoms with van der Waals surface area (Å²) in [6.07, 6.45) is 8.93. The van der Waals surface area contributed by atoms with Gasteiger partial charge >= 0.3 is 0 Å². The van der Waals surface area contributed by atoms with Crippen molar-refractivity contribution in [2.45, 2.75) is 39.2 Å². The molecule has 7 heteroatoms. The number of rotatable bonds is 6. The highest BCUT2D eigenvalue weighted by Gasteiger charge is 2.29. The number of ether oxygens (including phenoxy) is 1. The number of piperidine rings is 1. The van der Waals surface area contributed by atoms with E-state index in [1.165, 1.54) is 0 Å². The van der Waals surface area contributed by atoms with E-state index in [0.29, 0.717) is 24.5 Å². The van der Waals surface area contributed by atoms with E-state index in [9.17, 15) is 4.79 Å². The smallest absolute Gasteiger partial charge is 0.253 e. The maximum atomic E-state index is 13.5. The van der Waals surface area contributed by atoms with Gasteiger partial charge in [-0.25, -0.2) is 9.97 Å². The molecule has 4 aromatic rings. The fraction of sp³-hybridized carbons (Fsp3) is 0.286. The lowest BCUT2D eigenvalue weighted by molar-refractivity contribution is 0.0704. The Morgan fingerprint density at radius 2 is 1.89 bits per heavy atom. The van der Waals surface area contributed by atoms with Crippen molar-refractivity contribution in [3.05, 3.63) is 102 Å². The Morgan fingerprint density at radius 1 is 1.03 bits per heavy atom. The highest BCUT2D eigenvalue weighted by atomic mass is 16.5. The highest BCUT2D eigenvalue weighted by molar-refractivity contribution is 5.94. The molecule has 0 aliphatic carbocycles. The van der Waals surface area contributed by atoms with Gasteiger partial charge in [-0.1, -0.05) is 24.3 Å².